The lowest BCUT2D eigenvalue weighted by Crippen LogP contribution is -2.55. The Kier molecular flexibility index (Phi) is 5.88. The summed E-state index contributed by atoms with van der Waals surface area (Å²) in [7, 11) is 1.73. The zero-order valence-corrected chi connectivity index (χ0v) is 12.2. The fraction of sp³-hybridized carbons (Fsp3) is 0.923. The third-order valence-corrected chi connectivity index (χ3v) is 2.96. The first-order chi connectivity index (χ1) is 8.42. The second kappa shape index (κ2) is 6.95. The first kappa shape index (κ1) is 15.2. The molecule has 1 aliphatic heterocycles. The second-order valence-corrected chi connectivity index (χ2v) is 5.86. The number of methoxy groups -OCH3 is 1. The van der Waals surface area contributed by atoms with Gasteiger partial charge in [-0.25, -0.2) is 4.79 Å². The fourth-order valence-electron chi connectivity index (χ4n) is 2.01. The number of amides is 2. The minimum Gasteiger partial charge on any atom is -0.385 e. The highest BCUT2D eigenvalue weighted by Crippen LogP contribution is 2.06. The Balaban J connectivity index is 2.24. The van der Waals surface area contributed by atoms with Crippen LogP contribution in [0.15, 0.2) is 0 Å². The van der Waals surface area contributed by atoms with E-state index in [1.165, 1.54) is 0 Å². The van der Waals surface area contributed by atoms with Gasteiger partial charge < -0.3 is 15.0 Å². The van der Waals surface area contributed by atoms with E-state index in [2.05, 4.69) is 10.2 Å². The van der Waals surface area contributed by atoms with Crippen molar-refractivity contribution in [2.75, 3.05) is 46.4 Å². The Labute approximate surface area is 110 Å². The van der Waals surface area contributed by atoms with Crippen LogP contribution in [0.5, 0.6) is 0 Å². The Morgan fingerprint density at radius 2 is 1.83 bits per heavy atom. The summed E-state index contributed by atoms with van der Waals surface area (Å²) in [5.41, 5.74) is -0.160. The van der Waals surface area contributed by atoms with E-state index in [1.807, 2.05) is 25.7 Å². The van der Waals surface area contributed by atoms with Gasteiger partial charge in [-0.15, -0.1) is 0 Å². The van der Waals surface area contributed by atoms with Crippen LogP contribution in [0.3, 0.4) is 0 Å². The molecule has 1 N–H and O–H groups in total. The molecule has 1 fully saturated rings. The van der Waals surface area contributed by atoms with Gasteiger partial charge in [-0.3, -0.25) is 4.90 Å². The van der Waals surface area contributed by atoms with Crippen LogP contribution in [0.2, 0.25) is 0 Å². The Bertz CT molecular complexity index is 255. The van der Waals surface area contributed by atoms with Crippen LogP contribution in [0.25, 0.3) is 0 Å². The number of nitrogens with one attached hydrogen (secondary N) is 1. The summed E-state index contributed by atoms with van der Waals surface area (Å²) in [4.78, 5) is 16.2. The van der Waals surface area contributed by atoms with Gasteiger partial charge in [0.15, 0.2) is 0 Å². The van der Waals surface area contributed by atoms with E-state index < -0.39 is 0 Å². The molecule has 5 heteroatoms. The van der Waals surface area contributed by atoms with Crippen molar-refractivity contribution in [2.24, 2.45) is 0 Å². The largest absolute Gasteiger partial charge is 0.385 e. The van der Waals surface area contributed by atoms with Gasteiger partial charge in [-0.1, -0.05) is 0 Å². The Morgan fingerprint density at radius 1 is 1.22 bits per heavy atom. The van der Waals surface area contributed by atoms with Crippen LogP contribution in [-0.2, 0) is 4.74 Å². The van der Waals surface area contributed by atoms with Crippen LogP contribution in [0.4, 0.5) is 4.79 Å². The van der Waals surface area contributed by atoms with Crippen LogP contribution in [0.1, 0.15) is 27.2 Å². The quantitative estimate of drug-likeness (QED) is 0.768. The fourth-order valence-corrected chi connectivity index (χ4v) is 2.01. The molecule has 0 radical (unpaired) electrons. The molecular formula is C13H27N3O2. The van der Waals surface area contributed by atoms with Crippen LogP contribution in [0, 0.1) is 0 Å². The number of ether oxygens (including phenoxy) is 1. The topological polar surface area (TPSA) is 44.8 Å². The van der Waals surface area contributed by atoms with Gasteiger partial charge in [0.05, 0.1) is 0 Å². The summed E-state index contributed by atoms with van der Waals surface area (Å²) in [6.45, 7) is 11.4. The summed E-state index contributed by atoms with van der Waals surface area (Å²) in [6.07, 6.45) is 1.06. The van der Waals surface area contributed by atoms with Crippen molar-refractivity contribution in [2.45, 2.75) is 32.7 Å². The highest BCUT2D eigenvalue weighted by Gasteiger charge is 2.23. The molecule has 1 heterocycles. The number of hydrogen-bond donors (Lipinski definition) is 1. The van der Waals surface area contributed by atoms with Gasteiger partial charge in [0.25, 0.3) is 0 Å². The van der Waals surface area contributed by atoms with Crippen molar-refractivity contribution in [3.05, 3.63) is 0 Å². The molecule has 0 bridgehead atoms. The summed E-state index contributed by atoms with van der Waals surface area (Å²) in [5, 5.41) is 3.00. The lowest BCUT2D eigenvalue weighted by molar-refractivity contribution is 0.122. The maximum atomic E-state index is 12.0. The molecule has 2 amide bonds. The molecule has 1 rings (SSSR count). The van der Waals surface area contributed by atoms with Gasteiger partial charge in [-0.05, 0) is 27.2 Å². The molecule has 0 aromatic heterocycles. The molecule has 18 heavy (non-hydrogen) atoms. The number of urea groups is 1. The number of carbonyl (C=O) groups is 1. The predicted octanol–water partition coefficient (Wildman–Crippen LogP) is 1.15. The van der Waals surface area contributed by atoms with E-state index in [0.29, 0.717) is 0 Å². The maximum absolute atomic E-state index is 12.0. The molecule has 0 aliphatic carbocycles. The third-order valence-electron chi connectivity index (χ3n) is 2.96. The lowest BCUT2D eigenvalue weighted by atomic mass is 10.1. The molecule has 0 saturated carbocycles. The van der Waals surface area contributed by atoms with Gasteiger partial charge in [0.1, 0.15) is 0 Å². The van der Waals surface area contributed by atoms with Crippen LogP contribution in [-0.4, -0.2) is 67.8 Å². The molecule has 0 atom stereocenters. The number of hydrogen-bond acceptors (Lipinski definition) is 3. The molecule has 1 saturated heterocycles. The van der Waals surface area contributed by atoms with E-state index >= 15 is 0 Å². The summed E-state index contributed by atoms with van der Waals surface area (Å²) in [6, 6.07) is 0.0547. The van der Waals surface area contributed by atoms with Crippen molar-refractivity contribution in [1.29, 1.82) is 0 Å². The smallest absolute Gasteiger partial charge is 0.317 e. The maximum Gasteiger partial charge on any atom is 0.317 e. The van der Waals surface area contributed by atoms with Crippen molar-refractivity contribution in [1.82, 2.24) is 15.1 Å². The van der Waals surface area contributed by atoms with Crippen molar-refractivity contribution < 1.29 is 9.53 Å². The van der Waals surface area contributed by atoms with Crippen molar-refractivity contribution in [3.8, 4) is 0 Å². The number of piperazine rings is 1. The van der Waals surface area contributed by atoms with E-state index in [1.54, 1.807) is 7.11 Å². The summed E-state index contributed by atoms with van der Waals surface area (Å²) < 4.78 is 5.05. The SMILES string of the molecule is COCCCN1CCN(C(=O)NC(C)(C)C)CC1. The van der Waals surface area contributed by atoms with Crippen LogP contribution < -0.4 is 5.32 Å². The predicted molar refractivity (Wildman–Crippen MR) is 72.8 cm³/mol. The van der Waals surface area contributed by atoms with E-state index in [-0.39, 0.29) is 11.6 Å². The highest BCUT2D eigenvalue weighted by atomic mass is 16.5. The van der Waals surface area contributed by atoms with Crippen molar-refractivity contribution >= 4 is 6.03 Å². The van der Waals surface area contributed by atoms with Gasteiger partial charge in [0, 0.05) is 52.0 Å². The monoisotopic (exact) mass is 257 g/mol. The minimum atomic E-state index is -0.160. The molecule has 0 spiro atoms. The summed E-state index contributed by atoms with van der Waals surface area (Å²) in [5.74, 6) is 0. The highest BCUT2D eigenvalue weighted by molar-refractivity contribution is 5.75. The van der Waals surface area contributed by atoms with E-state index in [9.17, 15) is 4.79 Å². The Hall–Kier alpha value is -0.810. The summed E-state index contributed by atoms with van der Waals surface area (Å²) >= 11 is 0. The molecule has 1 aliphatic rings. The second-order valence-electron chi connectivity index (χ2n) is 5.86. The van der Waals surface area contributed by atoms with Gasteiger partial charge in [-0.2, -0.15) is 0 Å². The first-order valence-corrected chi connectivity index (χ1v) is 6.71. The number of rotatable bonds is 4. The molecule has 0 aromatic carbocycles. The normalized spacial score (nSPS) is 17.9. The minimum absolute atomic E-state index is 0.0547. The molecule has 0 unspecified atom stereocenters. The zero-order chi connectivity index (χ0) is 13.6. The zero-order valence-electron chi connectivity index (χ0n) is 12.2. The van der Waals surface area contributed by atoms with E-state index in [4.69, 9.17) is 4.74 Å². The average molecular weight is 257 g/mol. The average Bonchev–Trinajstić information content (AvgIpc) is 2.28. The van der Waals surface area contributed by atoms with Gasteiger partial charge >= 0.3 is 6.03 Å². The molecular weight excluding hydrogens is 230 g/mol. The molecule has 0 aromatic rings. The first-order valence-electron chi connectivity index (χ1n) is 6.71. The van der Waals surface area contributed by atoms with Crippen LogP contribution >= 0.6 is 0 Å². The number of carbonyl (C=O) groups excluding carboxylic acids is 1. The standard InChI is InChI=1S/C13H27N3O2/c1-13(2,3)14-12(17)16-9-7-15(8-10-16)6-5-11-18-4/h5-11H2,1-4H3,(H,14,17). The molecule has 106 valence electrons. The van der Waals surface area contributed by atoms with E-state index in [0.717, 1.165) is 45.8 Å². The number of nitrogens with zero attached hydrogens (tertiary/aromatic N) is 2. The third kappa shape index (κ3) is 5.69. The van der Waals surface area contributed by atoms with Crippen molar-refractivity contribution in [3.63, 3.8) is 0 Å². The molecule has 5 nitrogen and oxygen atoms in total. The van der Waals surface area contributed by atoms with Gasteiger partial charge in [0.2, 0.25) is 0 Å². The lowest BCUT2D eigenvalue weighted by Gasteiger charge is -2.36. The Morgan fingerprint density at radius 3 is 2.33 bits per heavy atom.